The highest BCUT2D eigenvalue weighted by molar-refractivity contribution is 5.92. The molecule has 3 aromatic rings. The van der Waals surface area contributed by atoms with Crippen LogP contribution >= 0.6 is 0 Å². The summed E-state index contributed by atoms with van der Waals surface area (Å²) in [6, 6.07) is 5.02. The molecular formula is C27H31F4N5O3. The Morgan fingerprint density at radius 2 is 1.95 bits per heavy atom. The third-order valence-corrected chi connectivity index (χ3v) is 7.28. The fourth-order valence-corrected chi connectivity index (χ4v) is 5.23. The van der Waals surface area contributed by atoms with Crippen molar-refractivity contribution in [1.82, 2.24) is 14.9 Å². The number of rotatable bonds is 8. The number of nitrogens with two attached hydrogens (primary N) is 1. The number of likely N-dealkylation sites (tertiary alicyclic amines) is 1. The van der Waals surface area contributed by atoms with Crippen molar-refractivity contribution in [2.24, 2.45) is 0 Å². The van der Waals surface area contributed by atoms with Crippen LogP contribution in [0.5, 0.6) is 11.5 Å². The van der Waals surface area contributed by atoms with E-state index in [9.17, 15) is 17.6 Å². The Balaban J connectivity index is 1.45. The summed E-state index contributed by atoms with van der Waals surface area (Å²) >= 11 is 0. The molecule has 2 aliphatic rings. The summed E-state index contributed by atoms with van der Waals surface area (Å²) in [7, 11) is 1.54. The molecule has 0 saturated carbocycles. The Hall–Kier alpha value is -3.38. The van der Waals surface area contributed by atoms with Gasteiger partial charge in [-0.2, -0.15) is 13.2 Å². The Labute approximate surface area is 223 Å². The molecule has 0 bridgehead atoms. The molecule has 210 valence electrons. The fourth-order valence-electron chi connectivity index (χ4n) is 5.23. The molecule has 2 atom stereocenters. The highest BCUT2D eigenvalue weighted by atomic mass is 19.4. The van der Waals surface area contributed by atoms with E-state index in [2.05, 4.69) is 20.2 Å². The third-order valence-electron chi connectivity index (χ3n) is 7.28. The van der Waals surface area contributed by atoms with Crippen LogP contribution in [0.1, 0.15) is 42.8 Å². The standard InChI is InChI=1S/C27H31F4N5O3/c1-14(19-7-16(32)8-21(25(19)28)27(29,30)31)33-26-20-9-24(23(37-3)10-22(20)34-15(2)35-26)39-13-17-5-4-6-36(17)18-11-38-12-18/h7-10,14,17-18H,4-6,11-13,32H2,1-3H3,(H,33,34,35)/t14-,17+/m1/s1. The van der Waals surface area contributed by atoms with Crippen LogP contribution in [-0.4, -0.2) is 60.4 Å². The average molecular weight is 550 g/mol. The predicted molar refractivity (Wildman–Crippen MR) is 139 cm³/mol. The molecule has 0 radical (unpaired) electrons. The van der Waals surface area contributed by atoms with Crippen LogP contribution in [-0.2, 0) is 10.9 Å². The molecular weight excluding hydrogens is 518 g/mol. The van der Waals surface area contributed by atoms with Gasteiger partial charge >= 0.3 is 6.18 Å². The smallest absolute Gasteiger partial charge is 0.419 e. The maximum absolute atomic E-state index is 14.9. The van der Waals surface area contributed by atoms with E-state index in [1.807, 2.05) is 0 Å². The zero-order chi connectivity index (χ0) is 27.9. The number of methoxy groups -OCH3 is 1. The van der Waals surface area contributed by atoms with Crippen molar-refractivity contribution >= 4 is 22.4 Å². The second-order valence-corrected chi connectivity index (χ2v) is 10.0. The number of alkyl halides is 3. The third kappa shape index (κ3) is 5.53. The van der Waals surface area contributed by atoms with Crippen LogP contribution in [0.2, 0.25) is 0 Å². The van der Waals surface area contributed by atoms with E-state index in [-0.39, 0.29) is 17.3 Å². The molecule has 1 aromatic heterocycles. The quantitative estimate of drug-likeness (QED) is 0.296. The van der Waals surface area contributed by atoms with Gasteiger partial charge in [-0.25, -0.2) is 14.4 Å². The van der Waals surface area contributed by atoms with Crippen molar-refractivity contribution in [3.8, 4) is 11.5 Å². The van der Waals surface area contributed by atoms with Crippen molar-refractivity contribution in [2.75, 3.05) is 44.5 Å². The fraction of sp³-hybridized carbons (Fsp3) is 0.481. The number of aromatic nitrogens is 2. The first-order valence-electron chi connectivity index (χ1n) is 12.8. The molecule has 0 aliphatic carbocycles. The van der Waals surface area contributed by atoms with Crippen molar-refractivity contribution in [3.05, 3.63) is 47.0 Å². The minimum atomic E-state index is -4.88. The van der Waals surface area contributed by atoms with Gasteiger partial charge in [0.2, 0.25) is 0 Å². The molecule has 0 spiro atoms. The predicted octanol–water partition coefficient (Wildman–Crippen LogP) is 5.10. The summed E-state index contributed by atoms with van der Waals surface area (Å²) in [4.78, 5) is 11.4. The van der Waals surface area contributed by atoms with Gasteiger partial charge in [-0.05, 0) is 51.4 Å². The first-order chi connectivity index (χ1) is 18.5. The molecule has 2 saturated heterocycles. The number of aryl methyl sites for hydroxylation is 1. The molecule has 8 nitrogen and oxygen atoms in total. The molecule has 2 aliphatic heterocycles. The molecule has 3 N–H and O–H groups in total. The molecule has 5 rings (SSSR count). The summed E-state index contributed by atoms with van der Waals surface area (Å²) in [5, 5.41) is 3.61. The number of halogens is 4. The molecule has 3 heterocycles. The lowest BCUT2D eigenvalue weighted by Crippen LogP contribution is -2.52. The SMILES string of the molecule is COc1cc2nc(C)nc(N[C@H](C)c3cc(N)cc(C(F)(F)F)c3F)c2cc1OC[C@@H]1CCCN1C1COC1. The van der Waals surface area contributed by atoms with E-state index >= 15 is 0 Å². The molecule has 39 heavy (non-hydrogen) atoms. The van der Waals surface area contributed by atoms with Gasteiger partial charge in [-0.1, -0.05) is 0 Å². The molecule has 12 heteroatoms. The normalized spacial score (nSPS) is 19.2. The number of benzene rings is 2. The molecule has 2 fully saturated rings. The zero-order valence-electron chi connectivity index (χ0n) is 21.9. The van der Waals surface area contributed by atoms with Crippen LogP contribution in [0.4, 0.5) is 29.1 Å². The lowest BCUT2D eigenvalue weighted by molar-refractivity contribution is -0.140. The summed E-state index contributed by atoms with van der Waals surface area (Å²) in [6.45, 7) is 6.16. The molecule has 2 aromatic carbocycles. The van der Waals surface area contributed by atoms with Gasteiger partial charge in [0, 0.05) is 28.7 Å². The van der Waals surface area contributed by atoms with E-state index < -0.39 is 23.6 Å². The molecule has 0 unspecified atom stereocenters. The van der Waals surface area contributed by atoms with Crippen LogP contribution in [0.15, 0.2) is 24.3 Å². The van der Waals surface area contributed by atoms with Gasteiger partial charge in [0.1, 0.15) is 24.1 Å². The van der Waals surface area contributed by atoms with Gasteiger partial charge in [0.25, 0.3) is 0 Å². The number of ether oxygens (including phenoxy) is 3. The van der Waals surface area contributed by atoms with Gasteiger partial charge in [0.05, 0.1) is 43.5 Å². The number of nitrogens with one attached hydrogen (secondary N) is 1. The monoisotopic (exact) mass is 549 g/mol. The van der Waals surface area contributed by atoms with Crippen LogP contribution in [0.3, 0.4) is 0 Å². The van der Waals surface area contributed by atoms with Gasteiger partial charge in [-0.3, -0.25) is 4.90 Å². The first-order valence-corrected chi connectivity index (χ1v) is 12.8. The Morgan fingerprint density at radius 3 is 2.62 bits per heavy atom. The van der Waals surface area contributed by atoms with Crippen molar-refractivity contribution in [3.63, 3.8) is 0 Å². The second kappa shape index (κ2) is 10.6. The summed E-state index contributed by atoms with van der Waals surface area (Å²) in [6.07, 6.45) is -2.77. The largest absolute Gasteiger partial charge is 0.493 e. The van der Waals surface area contributed by atoms with Crippen LogP contribution in [0.25, 0.3) is 10.9 Å². The van der Waals surface area contributed by atoms with Gasteiger partial charge < -0.3 is 25.3 Å². The number of fused-ring (bicyclic) bond motifs is 1. The highest BCUT2D eigenvalue weighted by Crippen LogP contribution is 2.39. The van der Waals surface area contributed by atoms with Crippen LogP contribution in [0, 0.1) is 12.7 Å². The minimum absolute atomic E-state index is 0.189. The van der Waals surface area contributed by atoms with Crippen LogP contribution < -0.4 is 20.5 Å². The average Bonchev–Trinajstić information content (AvgIpc) is 3.29. The Morgan fingerprint density at radius 1 is 1.18 bits per heavy atom. The lowest BCUT2D eigenvalue weighted by atomic mass is 10.0. The van der Waals surface area contributed by atoms with E-state index in [0.29, 0.717) is 52.8 Å². The van der Waals surface area contributed by atoms with E-state index in [4.69, 9.17) is 19.9 Å². The van der Waals surface area contributed by atoms with Gasteiger partial charge in [0.15, 0.2) is 11.5 Å². The number of nitrogen functional groups attached to an aromatic ring is 1. The van der Waals surface area contributed by atoms with E-state index in [0.717, 1.165) is 32.6 Å². The number of hydrogen-bond donors (Lipinski definition) is 2. The Kier molecular flexibility index (Phi) is 7.43. The second-order valence-electron chi connectivity index (χ2n) is 10.0. The lowest BCUT2D eigenvalue weighted by Gasteiger charge is -2.38. The summed E-state index contributed by atoms with van der Waals surface area (Å²) in [5.74, 6) is 0.339. The molecule has 0 amide bonds. The maximum Gasteiger partial charge on any atom is 0.419 e. The summed E-state index contributed by atoms with van der Waals surface area (Å²) < 4.78 is 72.2. The number of anilines is 2. The van der Waals surface area contributed by atoms with Crippen molar-refractivity contribution in [1.29, 1.82) is 0 Å². The van der Waals surface area contributed by atoms with E-state index in [1.54, 1.807) is 26.0 Å². The Bertz CT molecular complexity index is 1370. The number of nitrogens with zero attached hydrogens (tertiary/aromatic N) is 3. The topological polar surface area (TPSA) is 94.8 Å². The maximum atomic E-state index is 14.9. The van der Waals surface area contributed by atoms with Crippen molar-refractivity contribution < 1.29 is 31.8 Å². The number of hydrogen-bond acceptors (Lipinski definition) is 8. The summed E-state index contributed by atoms with van der Waals surface area (Å²) in [5.41, 5.74) is 4.40. The first kappa shape index (κ1) is 27.2. The highest BCUT2D eigenvalue weighted by Gasteiger charge is 2.37. The zero-order valence-corrected chi connectivity index (χ0v) is 21.9. The van der Waals surface area contributed by atoms with Crippen molar-refractivity contribution in [2.45, 2.75) is 51.0 Å². The minimum Gasteiger partial charge on any atom is -0.493 e. The van der Waals surface area contributed by atoms with E-state index in [1.165, 1.54) is 13.2 Å². The van der Waals surface area contributed by atoms with Gasteiger partial charge in [-0.15, -0.1) is 0 Å².